The monoisotopic (exact) mass is 402 g/mol. The lowest BCUT2D eigenvalue weighted by Gasteiger charge is -2.37. The number of carbonyl (C=O) groups excluding carboxylic acids is 2. The molecule has 7 heteroatoms. The van der Waals surface area contributed by atoms with Crippen molar-refractivity contribution in [2.75, 3.05) is 31.6 Å². The van der Waals surface area contributed by atoms with E-state index in [1.165, 1.54) is 12.1 Å². The summed E-state index contributed by atoms with van der Waals surface area (Å²) in [5, 5.41) is 4.81. The van der Waals surface area contributed by atoms with Crippen LogP contribution in [0.4, 0.5) is 10.1 Å². The van der Waals surface area contributed by atoms with Crippen LogP contribution in [0, 0.1) is 17.2 Å². The molecule has 0 aliphatic carbocycles. The Morgan fingerprint density at radius 2 is 2.07 bits per heavy atom. The van der Waals surface area contributed by atoms with Crippen LogP contribution >= 0.6 is 11.3 Å². The number of nitrogens with one attached hydrogen (secondary N) is 1. The summed E-state index contributed by atoms with van der Waals surface area (Å²) < 4.78 is 19.0. The van der Waals surface area contributed by atoms with Crippen LogP contribution in [0.5, 0.6) is 0 Å². The number of halogens is 1. The maximum atomic E-state index is 13.5. The van der Waals surface area contributed by atoms with Crippen molar-refractivity contribution < 1.29 is 18.7 Å². The predicted octanol–water partition coefficient (Wildman–Crippen LogP) is 3.32. The number of anilines is 1. The molecule has 1 aromatic heterocycles. The van der Waals surface area contributed by atoms with E-state index < -0.39 is 5.82 Å². The normalized spacial score (nSPS) is 21.0. The quantitative estimate of drug-likeness (QED) is 0.854. The molecular weight excluding hydrogens is 379 g/mol. The number of amides is 2. The van der Waals surface area contributed by atoms with E-state index in [1.807, 2.05) is 22.4 Å². The fourth-order valence-electron chi connectivity index (χ4n) is 4.27. The van der Waals surface area contributed by atoms with Crippen molar-refractivity contribution in [1.82, 2.24) is 4.90 Å². The molecule has 0 bridgehead atoms. The molecule has 1 atom stereocenters. The van der Waals surface area contributed by atoms with Gasteiger partial charge in [-0.3, -0.25) is 9.59 Å². The highest BCUT2D eigenvalue weighted by Crippen LogP contribution is 2.45. The molecular formula is C21H23FN2O3S. The Balaban J connectivity index is 1.51. The van der Waals surface area contributed by atoms with Crippen molar-refractivity contribution >= 4 is 28.8 Å². The topological polar surface area (TPSA) is 58.6 Å². The Bertz CT molecular complexity index is 849. The van der Waals surface area contributed by atoms with Gasteiger partial charge in [-0.25, -0.2) is 4.39 Å². The lowest BCUT2D eigenvalue weighted by molar-refractivity contribution is -0.130. The Labute approximate surface area is 167 Å². The zero-order chi connectivity index (χ0) is 19.6. The van der Waals surface area contributed by atoms with E-state index in [0.717, 1.165) is 17.7 Å². The summed E-state index contributed by atoms with van der Waals surface area (Å²) in [6, 6.07) is 9.79. The fraction of sp³-hybridized carbons (Fsp3) is 0.429. The smallest absolute Gasteiger partial charge is 0.229 e. The van der Waals surface area contributed by atoms with Crippen LogP contribution in [0.25, 0.3) is 0 Å². The Morgan fingerprint density at radius 1 is 1.25 bits per heavy atom. The highest BCUT2D eigenvalue weighted by molar-refractivity contribution is 7.10. The average Bonchev–Trinajstić information content (AvgIpc) is 3.31. The molecule has 148 valence electrons. The minimum absolute atomic E-state index is 0.0503. The Hall–Kier alpha value is -2.25. The number of thiophene rings is 1. The SMILES string of the molecule is O=C(Nc1cccc(F)c1)C1CN(C(=O)Cc2cccs2)CC12CCOCC2. The van der Waals surface area contributed by atoms with Crippen LogP contribution in [0.15, 0.2) is 41.8 Å². The Morgan fingerprint density at radius 3 is 2.79 bits per heavy atom. The van der Waals surface area contributed by atoms with E-state index in [4.69, 9.17) is 4.74 Å². The first-order valence-electron chi connectivity index (χ1n) is 9.50. The van der Waals surface area contributed by atoms with Crippen LogP contribution in [-0.2, 0) is 20.7 Å². The first kappa shape index (κ1) is 19.1. The van der Waals surface area contributed by atoms with Crippen molar-refractivity contribution in [2.24, 2.45) is 11.3 Å². The van der Waals surface area contributed by atoms with Crippen molar-refractivity contribution in [3.8, 4) is 0 Å². The van der Waals surface area contributed by atoms with E-state index in [2.05, 4.69) is 5.32 Å². The van der Waals surface area contributed by atoms with Crippen LogP contribution in [0.3, 0.4) is 0 Å². The number of hydrogen-bond acceptors (Lipinski definition) is 4. The summed E-state index contributed by atoms with van der Waals surface area (Å²) >= 11 is 1.57. The van der Waals surface area contributed by atoms with Crippen LogP contribution in [0.2, 0.25) is 0 Å². The minimum Gasteiger partial charge on any atom is -0.381 e. The Kier molecular flexibility index (Phi) is 5.46. The summed E-state index contributed by atoms with van der Waals surface area (Å²) in [6.45, 7) is 2.15. The predicted molar refractivity (Wildman–Crippen MR) is 106 cm³/mol. The zero-order valence-electron chi connectivity index (χ0n) is 15.5. The summed E-state index contributed by atoms with van der Waals surface area (Å²) in [6.07, 6.45) is 1.86. The van der Waals surface area contributed by atoms with Crippen molar-refractivity contribution in [2.45, 2.75) is 19.3 Å². The second-order valence-electron chi connectivity index (χ2n) is 7.56. The molecule has 2 aliphatic heterocycles. The van der Waals surface area contributed by atoms with E-state index in [9.17, 15) is 14.0 Å². The van der Waals surface area contributed by atoms with Gasteiger partial charge in [0.2, 0.25) is 11.8 Å². The van der Waals surface area contributed by atoms with Crippen LogP contribution < -0.4 is 5.32 Å². The molecule has 28 heavy (non-hydrogen) atoms. The van der Waals surface area contributed by atoms with Crippen LogP contribution in [0.1, 0.15) is 17.7 Å². The van der Waals surface area contributed by atoms with E-state index in [-0.39, 0.29) is 23.1 Å². The standard InChI is InChI=1S/C21H23FN2O3S/c22-15-3-1-4-16(11-15)23-20(26)18-13-24(14-21(18)6-8-27-9-7-21)19(25)12-17-5-2-10-28-17/h1-5,10-11,18H,6-9,12-14H2,(H,23,26). The molecule has 1 unspecified atom stereocenters. The third-order valence-corrected chi connectivity index (χ3v) is 6.68. The summed E-state index contributed by atoms with van der Waals surface area (Å²) in [4.78, 5) is 28.8. The van der Waals surface area contributed by atoms with Gasteiger partial charge in [0.05, 0.1) is 12.3 Å². The minimum atomic E-state index is -0.391. The molecule has 2 fully saturated rings. The molecule has 5 nitrogen and oxygen atoms in total. The maximum Gasteiger partial charge on any atom is 0.229 e. The summed E-state index contributed by atoms with van der Waals surface area (Å²) in [5.41, 5.74) is 0.163. The molecule has 2 aromatic rings. The van der Waals surface area contributed by atoms with Gasteiger partial charge in [0.15, 0.2) is 0 Å². The van der Waals surface area contributed by atoms with Crippen molar-refractivity contribution in [1.29, 1.82) is 0 Å². The highest BCUT2D eigenvalue weighted by atomic mass is 32.1. The number of hydrogen-bond donors (Lipinski definition) is 1. The van der Waals surface area contributed by atoms with E-state index in [1.54, 1.807) is 23.5 Å². The third-order valence-electron chi connectivity index (χ3n) is 5.80. The van der Waals surface area contributed by atoms with Gasteiger partial charge >= 0.3 is 0 Å². The average molecular weight is 402 g/mol. The van der Waals surface area contributed by atoms with Gasteiger partial charge in [-0.15, -0.1) is 11.3 Å². The molecule has 0 radical (unpaired) electrons. The molecule has 1 N–H and O–H groups in total. The van der Waals surface area contributed by atoms with E-state index >= 15 is 0 Å². The number of ether oxygens (including phenoxy) is 1. The summed E-state index contributed by atoms with van der Waals surface area (Å²) in [7, 11) is 0. The number of carbonyl (C=O) groups is 2. The second-order valence-corrected chi connectivity index (χ2v) is 8.59. The van der Waals surface area contributed by atoms with Gasteiger partial charge in [-0.1, -0.05) is 12.1 Å². The van der Waals surface area contributed by atoms with Gasteiger partial charge < -0.3 is 15.0 Å². The summed E-state index contributed by atoms with van der Waals surface area (Å²) in [5.74, 6) is -0.821. The first-order chi connectivity index (χ1) is 13.6. The largest absolute Gasteiger partial charge is 0.381 e. The van der Waals surface area contributed by atoms with Crippen LogP contribution in [-0.4, -0.2) is 43.0 Å². The molecule has 1 aromatic carbocycles. The second kappa shape index (κ2) is 8.01. The zero-order valence-corrected chi connectivity index (χ0v) is 16.3. The molecule has 3 heterocycles. The van der Waals surface area contributed by atoms with Crippen molar-refractivity contribution in [3.63, 3.8) is 0 Å². The molecule has 4 rings (SSSR count). The third kappa shape index (κ3) is 3.95. The number of rotatable bonds is 4. The fourth-order valence-corrected chi connectivity index (χ4v) is 4.97. The lowest BCUT2D eigenvalue weighted by Crippen LogP contribution is -2.42. The van der Waals surface area contributed by atoms with Gasteiger partial charge in [-0.2, -0.15) is 0 Å². The molecule has 2 saturated heterocycles. The number of nitrogens with zero attached hydrogens (tertiary/aromatic N) is 1. The molecule has 2 aliphatic rings. The van der Waals surface area contributed by atoms with Crippen molar-refractivity contribution in [3.05, 3.63) is 52.5 Å². The number of benzene rings is 1. The number of likely N-dealkylation sites (tertiary alicyclic amines) is 1. The van der Waals surface area contributed by atoms with Gasteiger partial charge in [0.1, 0.15) is 5.82 Å². The molecule has 2 amide bonds. The van der Waals surface area contributed by atoms with Gasteiger partial charge in [-0.05, 0) is 42.5 Å². The van der Waals surface area contributed by atoms with Gasteiger partial charge in [0, 0.05) is 42.3 Å². The highest BCUT2D eigenvalue weighted by Gasteiger charge is 2.51. The maximum absolute atomic E-state index is 13.5. The van der Waals surface area contributed by atoms with E-state index in [0.29, 0.717) is 38.4 Å². The first-order valence-corrected chi connectivity index (χ1v) is 10.4. The molecule has 0 saturated carbocycles. The lowest BCUT2D eigenvalue weighted by atomic mass is 9.71. The molecule has 1 spiro atoms. The van der Waals surface area contributed by atoms with Gasteiger partial charge in [0.25, 0.3) is 0 Å².